The number of unbranched alkanes of at least 4 members (excludes halogenated alkanes) is 3. The van der Waals surface area contributed by atoms with E-state index in [9.17, 15) is 0 Å². The summed E-state index contributed by atoms with van der Waals surface area (Å²) in [6.45, 7) is 6.60. The summed E-state index contributed by atoms with van der Waals surface area (Å²) in [4.78, 5) is 0. The Balaban J connectivity index is 2.66. The van der Waals surface area contributed by atoms with Crippen LogP contribution in [0.2, 0.25) is 0 Å². The van der Waals surface area contributed by atoms with Gasteiger partial charge in [0, 0.05) is 0 Å². The van der Waals surface area contributed by atoms with E-state index in [0.717, 1.165) is 0 Å². The summed E-state index contributed by atoms with van der Waals surface area (Å²) < 4.78 is 0. The molecule has 0 saturated heterocycles. The molecule has 0 fully saturated rings. The van der Waals surface area contributed by atoms with E-state index in [0.29, 0.717) is 0 Å². The zero-order valence-electron chi connectivity index (χ0n) is 12.1. The molecule has 0 heterocycles. The number of hydrogen-bond donors (Lipinski definition) is 0. The highest BCUT2D eigenvalue weighted by Crippen LogP contribution is 2.17. The fourth-order valence-electron chi connectivity index (χ4n) is 2.08. The fraction of sp³-hybridized carbons (Fsp3) is 0.444. The highest BCUT2D eigenvalue weighted by atomic mass is 14.0. The van der Waals surface area contributed by atoms with Crippen molar-refractivity contribution in [1.82, 2.24) is 0 Å². The summed E-state index contributed by atoms with van der Waals surface area (Å²) in [7, 11) is 0. The lowest BCUT2D eigenvalue weighted by Gasteiger charge is -2.04. The summed E-state index contributed by atoms with van der Waals surface area (Å²) in [5.41, 5.74) is 4.14. The van der Waals surface area contributed by atoms with Crippen molar-refractivity contribution in [3.05, 3.63) is 53.1 Å². The Morgan fingerprint density at radius 2 is 1.72 bits per heavy atom. The van der Waals surface area contributed by atoms with E-state index >= 15 is 0 Å². The maximum absolute atomic E-state index is 2.32. The average Bonchev–Trinajstić information content (AvgIpc) is 2.35. The third-order valence-electron chi connectivity index (χ3n) is 2.94. The molecule has 0 aliphatic heterocycles. The molecule has 0 saturated carbocycles. The molecule has 0 radical (unpaired) electrons. The normalized spacial score (nSPS) is 11.4. The van der Waals surface area contributed by atoms with Crippen molar-refractivity contribution in [2.45, 2.75) is 52.9 Å². The van der Waals surface area contributed by atoms with Gasteiger partial charge in [-0.1, -0.05) is 74.2 Å². The van der Waals surface area contributed by atoms with Crippen molar-refractivity contribution in [1.29, 1.82) is 0 Å². The van der Waals surface area contributed by atoms with Crippen molar-refractivity contribution in [3.8, 4) is 0 Å². The van der Waals surface area contributed by atoms with Gasteiger partial charge >= 0.3 is 0 Å². The second-order valence-corrected chi connectivity index (χ2v) is 5.16. The van der Waals surface area contributed by atoms with Gasteiger partial charge in [0.15, 0.2) is 0 Å². The van der Waals surface area contributed by atoms with E-state index in [1.165, 1.54) is 48.8 Å². The largest absolute Gasteiger partial charge is 0.0762 e. The van der Waals surface area contributed by atoms with Crippen molar-refractivity contribution in [2.75, 3.05) is 0 Å². The van der Waals surface area contributed by atoms with E-state index in [2.05, 4.69) is 63.3 Å². The fourth-order valence-corrected chi connectivity index (χ4v) is 2.08. The maximum atomic E-state index is 2.32. The van der Waals surface area contributed by atoms with Crippen LogP contribution in [-0.4, -0.2) is 0 Å². The van der Waals surface area contributed by atoms with Gasteiger partial charge < -0.3 is 0 Å². The Bertz CT molecular complexity index is 378. The molecular formula is C18H26. The molecule has 0 aliphatic rings. The highest BCUT2D eigenvalue weighted by molar-refractivity contribution is 5.55. The SMILES string of the molecule is CCCCCCC(C=C(C)C)=Cc1ccccc1. The third-order valence-corrected chi connectivity index (χ3v) is 2.94. The van der Waals surface area contributed by atoms with Crippen LogP contribution in [0.1, 0.15) is 58.4 Å². The number of allylic oxidation sites excluding steroid dienone is 3. The summed E-state index contributed by atoms with van der Waals surface area (Å²) in [6, 6.07) is 10.6. The van der Waals surface area contributed by atoms with E-state index < -0.39 is 0 Å². The van der Waals surface area contributed by atoms with Crippen molar-refractivity contribution >= 4 is 6.08 Å². The molecule has 0 spiro atoms. The topological polar surface area (TPSA) is 0 Å². The second-order valence-electron chi connectivity index (χ2n) is 5.16. The van der Waals surface area contributed by atoms with Gasteiger partial charge in [-0.05, 0) is 37.8 Å². The molecule has 1 rings (SSSR count). The Morgan fingerprint density at radius 3 is 2.33 bits per heavy atom. The van der Waals surface area contributed by atoms with Crippen molar-refractivity contribution in [2.24, 2.45) is 0 Å². The standard InChI is InChI=1S/C18H26/c1-4-5-6-8-13-18(14-16(2)3)15-17-11-9-7-10-12-17/h7,9-12,14-15H,4-6,8,13H2,1-3H3. The van der Waals surface area contributed by atoms with Crippen LogP contribution in [0.5, 0.6) is 0 Å². The lowest BCUT2D eigenvalue weighted by atomic mass is 10.0. The zero-order chi connectivity index (χ0) is 13.2. The van der Waals surface area contributed by atoms with Crippen LogP contribution in [0.15, 0.2) is 47.6 Å². The molecule has 0 bridgehead atoms. The molecule has 0 N–H and O–H groups in total. The van der Waals surface area contributed by atoms with Crippen LogP contribution in [0.4, 0.5) is 0 Å². The van der Waals surface area contributed by atoms with Gasteiger partial charge in [0.25, 0.3) is 0 Å². The molecule has 98 valence electrons. The zero-order valence-corrected chi connectivity index (χ0v) is 12.1. The van der Waals surface area contributed by atoms with Gasteiger partial charge in [0.2, 0.25) is 0 Å². The monoisotopic (exact) mass is 242 g/mol. The lowest BCUT2D eigenvalue weighted by Crippen LogP contribution is -1.84. The molecule has 0 heteroatoms. The number of rotatable bonds is 7. The summed E-state index contributed by atoms with van der Waals surface area (Å²) in [6.07, 6.45) is 11.1. The van der Waals surface area contributed by atoms with Crippen LogP contribution in [0.25, 0.3) is 6.08 Å². The van der Waals surface area contributed by atoms with E-state index in [-0.39, 0.29) is 0 Å². The molecule has 0 aromatic heterocycles. The van der Waals surface area contributed by atoms with Crippen LogP contribution in [-0.2, 0) is 0 Å². The van der Waals surface area contributed by atoms with Gasteiger partial charge in [0.05, 0.1) is 0 Å². The van der Waals surface area contributed by atoms with Crippen molar-refractivity contribution < 1.29 is 0 Å². The maximum Gasteiger partial charge on any atom is -0.0254 e. The van der Waals surface area contributed by atoms with Crippen LogP contribution in [0.3, 0.4) is 0 Å². The van der Waals surface area contributed by atoms with Gasteiger partial charge in [-0.15, -0.1) is 0 Å². The summed E-state index contributed by atoms with van der Waals surface area (Å²) in [5, 5.41) is 0. The van der Waals surface area contributed by atoms with Crippen LogP contribution < -0.4 is 0 Å². The Morgan fingerprint density at radius 1 is 1.00 bits per heavy atom. The minimum absolute atomic E-state index is 1.19. The first-order valence-electron chi connectivity index (χ1n) is 7.13. The smallest absolute Gasteiger partial charge is 0.0254 e. The highest BCUT2D eigenvalue weighted by Gasteiger charge is 1.96. The minimum atomic E-state index is 1.19. The predicted molar refractivity (Wildman–Crippen MR) is 82.6 cm³/mol. The lowest BCUT2D eigenvalue weighted by molar-refractivity contribution is 0.669. The molecule has 0 amide bonds. The predicted octanol–water partition coefficient (Wildman–Crippen LogP) is 6.01. The first-order valence-corrected chi connectivity index (χ1v) is 7.13. The molecule has 1 aromatic carbocycles. The van der Waals surface area contributed by atoms with E-state index in [1.54, 1.807) is 0 Å². The quantitative estimate of drug-likeness (QED) is 0.406. The second kappa shape index (κ2) is 8.74. The average molecular weight is 242 g/mol. The van der Waals surface area contributed by atoms with Gasteiger partial charge in [-0.2, -0.15) is 0 Å². The Hall–Kier alpha value is -1.30. The van der Waals surface area contributed by atoms with Gasteiger partial charge in [0.1, 0.15) is 0 Å². The van der Waals surface area contributed by atoms with Crippen LogP contribution in [0, 0.1) is 0 Å². The molecule has 0 unspecified atom stereocenters. The molecule has 18 heavy (non-hydrogen) atoms. The molecule has 0 atom stereocenters. The molecule has 0 nitrogen and oxygen atoms in total. The molecular weight excluding hydrogens is 216 g/mol. The van der Waals surface area contributed by atoms with Gasteiger partial charge in [-0.25, -0.2) is 0 Å². The first-order chi connectivity index (χ1) is 8.72. The summed E-state index contributed by atoms with van der Waals surface area (Å²) >= 11 is 0. The first kappa shape index (κ1) is 14.8. The van der Waals surface area contributed by atoms with E-state index in [1.807, 2.05) is 0 Å². The number of benzene rings is 1. The summed E-state index contributed by atoms with van der Waals surface area (Å²) in [5.74, 6) is 0. The molecule has 0 aliphatic carbocycles. The molecule has 1 aromatic rings. The van der Waals surface area contributed by atoms with Gasteiger partial charge in [-0.3, -0.25) is 0 Å². The van der Waals surface area contributed by atoms with Crippen LogP contribution >= 0.6 is 0 Å². The Labute approximate surface area is 112 Å². The number of hydrogen-bond acceptors (Lipinski definition) is 0. The van der Waals surface area contributed by atoms with Crippen molar-refractivity contribution in [3.63, 3.8) is 0 Å². The van der Waals surface area contributed by atoms with E-state index in [4.69, 9.17) is 0 Å². The third kappa shape index (κ3) is 6.44. The Kier molecular flexibility index (Phi) is 7.17. The minimum Gasteiger partial charge on any atom is -0.0762 e.